The van der Waals surface area contributed by atoms with Crippen LogP contribution in [0.15, 0.2) is 83.8 Å². The smallest absolute Gasteiger partial charge is 0.338 e. The summed E-state index contributed by atoms with van der Waals surface area (Å²) in [4.78, 5) is 24.7. The second-order valence-electron chi connectivity index (χ2n) is 8.06. The summed E-state index contributed by atoms with van der Waals surface area (Å²) in [5.74, 6) is -0.637. The molecule has 9 heteroatoms. The van der Waals surface area contributed by atoms with Gasteiger partial charge >= 0.3 is 5.97 Å². The first-order valence-corrected chi connectivity index (χ1v) is 12.7. The van der Waals surface area contributed by atoms with E-state index in [0.717, 1.165) is 18.4 Å². The molecule has 0 radical (unpaired) electrons. The van der Waals surface area contributed by atoms with Gasteiger partial charge in [-0.1, -0.05) is 36.4 Å². The standard InChI is InChI=1S/C26H26N2O6S/c29-25(27-22-11-13-23(14-12-22)33-18-20-7-2-1-3-8-20)19-34-26(30)21-9-6-10-24(17-21)35(31,32)28-15-4-5-16-28/h1-3,6-14,17H,4-5,15-16,18-19H2,(H,27,29). The molecular weight excluding hydrogens is 468 g/mol. The number of anilines is 1. The van der Waals surface area contributed by atoms with Crippen LogP contribution in [0.25, 0.3) is 0 Å². The fraction of sp³-hybridized carbons (Fsp3) is 0.231. The highest BCUT2D eigenvalue weighted by molar-refractivity contribution is 7.89. The summed E-state index contributed by atoms with van der Waals surface area (Å²) in [5.41, 5.74) is 1.64. The van der Waals surface area contributed by atoms with Gasteiger partial charge in [0.2, 0.25) is 10.0 Å². The predicted molar refractivity (Wildman–Crippen MR) is 131 cm³/mol. The van der Waals surface area contributed by atoms with Gasteiger partial charge < -0.3 is 14.8 Å². The van der Waals surface area contributed by atoms with Crippen LogP contribution in [0, 0.1) is 0 Å². The maximum atomic E-state index is 12.7. The lowest BCUT2D eigenvalue weighted by atomic mass is 10.2. The van der Waals surface area contributed by atoms with Crippen molar-refractivity contribution >= 4 is 27.6 Å². The van der Waals surface area contributed by atoms with Crippen molar-refractivity contribution in [3.05, 3.63) is 90.0 Å². The Kier molecular flexibility index (Phi) is 7.79. The van der Waals surface area contributed by atoms with Gasteiger partial charge in [-0.2, -0.15) is 4.31 Å². The molecule has 4 rings (SSSR count). The minimum absolute atomic E-state index is 0.0351. The van der Waals surface area contributed by atoms with Crippen LogP contribution in [0.5, 0.6) is 5.75 Å². The van der Waals surface area contributed by atoms with E-state index in [1.807, 2.05) is 30.3 Å². The molecule has 1 heterocycles. The molecule has 1 aliphatic heterocycles. The van der Waals surface area contributed by atoms with Crippen molar-refractivity contribution in [2.45, 2.75) is 24.3 Å². The van der Waals surface area contributed by atoms with Crippen molar-refractivity contribution in [3.8, 4) is 5.75 Å². The average molecular weight is 495 g/mol. The van der Waals surface area contributed by atoms with Gasteiger partial charge in [-0.25, -0.2) is 13.2 Å². The van der Waals surface area contributed by atoms with Gasteiger partial charge in [-0.3, -0.25) is 4.79 Å². The van der Waals surface area contributed by atoms with E-state index in [1.165, 1.54) is 28.6 Å². The molecule has 35 heavy (non-hydrogen) atoms. The van der Waals surface area contributed by atoms with Crippen molar-refractivity contribution < 1.29 is 27.5 Å². The zero-order valence-electron chi connectivity index (χ0n) is 19.1. The molecule has 0 bridgehead atoms. The van der Waals surface area contributed by atoms with Gasteiger partial charge in [-0.15, -0.1) is 0 Å². The molecule has 1 N–H and O–H groups in total. The van der Waals surface area contributed by atoms with Crippen molar-refractivity contribution in [1.82, 2.24) is 4.31 Å². The molecule has 1 saturated heterocycles. The molecule has 3 aromatic carbocycles. The van der Waals surface area contributed by atoms with E-state index < -0.39 is 28.5 Å². The lowest BCUT2D eigenvalue weighted by Crippen LogP contribution is -2.28. The zero-order chi connectivity index (χ0) is 24.7. The van der Waals surface area contributed by atoms with Crippen LogP contribution in [-0.4, -0.2) is 44.3 Å². The first-order valence-electron chi connectivity index (χ1n) is 11.3. The van der Waals surface area contributed by atoms with Gasteiger partial charge in [0.15, 0.2) is 6.61 Å². The SMILES string of the molecule is O=C(COC(=O)c1cccc(S(=O)(=O)N2CCCC2)c1)Nc1ccc(OCc2ccccc2)cc1. The number of nitrogens with one attached hydrogen (secondary N) is 1. The molecule has 3 aromatic rings. The molecule has 0 aromatic heterocycles. The summed E-state index contributed by atoms with van der Waals surface area (Å²) in [6.07, 6.45) is 1.64. The number of carbonyl (C=O) groups is 2. The minimum Gasteiger partial charge on any atom is -0.489 e. The molecule has 0 aliphatic carbocycles. The lowest BCUT2D eigenvalue weighted by molar-refractivity contribution is -0.119. The molecule has 1 aliphatic rings. The molecule has 1 amide bonds. The number of hydrogen-bond donors (Lipinski definition) is 1. The number of rotatable bonds is 9. The molecule has 0 saturated carbocycles. The first kappa shape index (κ1) is 24.4. The van der Waals surface area contributed by atoms with Crippen LogP contribution in [-0.2, 0) is 26.2 Å². The monoisotopic (exact) mass is 494 g/mol. The number of amides is 1. The van der Waals surface area contributed by atoms with Gasteiger partial charge in [-0.05, 0) is 60.9 Å². The Balaban J connectivity index is 1.27. The third-order valence-corrected chi connectivity index (χ3v) is 7.39. The molecule has 0 atom stereocenters. The van der Waals surface area contributed by atoms with Gasteiger partial charge in [0.05, 0.1) is 10.5 Å². The summed E-state index contributed by atoms with van der Waals surface area (Å²) in [6, 6.07) is 22.3. The number of nitrogens with zero attached hydrogens (tertiary/aromatic N) is 1. The number of hydrogen-bond acceptors (Lipinski definition) is 6. The highest BCUT2D eigenvalue weighted by Crippen LogP contribution is 2.22. The number of sulfonamides is 1. The van der Waals surface area contributed by atoms with Crippen LogP contribution in [0.4, 0.5) is 5.69 Å². The van der Waals surface area contributed by atoms with Crippen molar-refractivity contribution in [2.75, 3.05) is 25.0 Å². The van der Waals surface area contributed by atoms with E-state index in [2.05, 4.69) is 5.32 Å². The Labute approximate surface area is 204 Å². The summed E-state index contributed by atoms with van der Waals surface area (Å²) < 4.78 is 37.6. The summed E-state index contributed by atoms with van der Waals surface area (Å²) in [7, 11) is -3.65. The van der Waals surface area contributed by atoms with E-state index in [9.17, 15) is 18.0 Å². The molecule has 0 spiro atoms. The van der Waals surface area contributed by atoms with E-state index >= 15 is 0 Å². The van der Waals surface area contributed by atoms with E-state index in [4.69, 9.17) is 9.47 Å². The highest BCUT2D eigenvalue weighted by atomic mass is 32.2. The van der Waals surface area contributed by atoms with E-state index in [1.54, 1.807) is 24.3 Å². The lowest BCUT2D eigenvalue weighted by Gasteiger charge is -2.15. The second kappa shape index (κ2) is 11.2. The summed E-state index contributed by atoms with van der Waals surface area (Å²) in [6.45, 7) is 0.867. The third-order valence-electron chi connectivity index (χ3n) is 5.49. The van der Waals surface area contributed by atoms with Crippen molar-refractivity contribution in [3.63, 3.8) is 0 Å². The Morgan fingerprint density at radius 1 is 0.886 bits per heavy atom. The fourth-order valence-corrected chi connectivity index (χ4v) is 5.21. The van der Waals surface area contributed by atoms with Crippen LogP contribution in [0.2, 0.25) is 0 Å². The number of carbonyl (C=O) groups excluding carboxylic acids is 2. The minimum atomic E-state index is -3.65. The first-order chi connectivity index (χ1) is 16.9. The van der Waals surface area contributed by atoms with E-state index in [0.29, 0.717) is 31.1 Å². The quantitative estimate of drug-likeness (QED) is 0.454. The molecular formula is C26H26N2O6S. The van der Waals surface area contributed by atoms with Crippen LogP contribution < -0.4 is 10.1 Å². The van der Waals surface area contributed by atoms with Crippen LogP contribution in [0.3, 0.4) is 0 Å². The maximum Gasteiger partial charge on any atom is 0.338 e. The van der Waals surface area contributed by atoms with E-state index in [-0.39, 0.29) is 10.5 Å². The number of esters is 1. The summed E-state index contributed by atoms with van der Waals surface area (Å²) in [5, 5.41) is 2.65. The van der Waals surface area contributed by atoms with Crippen molar-refractivity contribution in [1.29, 1.82) is 0 Å². The predicted octanol–water partition coefficient (Wildman–Crippen LogP) is 3.85. The topological polar surface area (TPSA) is 102 Å². The maximum absolute atomic E-state index is 12.7. The van der Waals surface area contributed by atoms with Crippen LogP contribution >= 0.6 is 0 Å². The zero-order valence-corrected chi connectivity index (χ0v) is 19.9. The Morgan fingerprint density at radius 3 is 2.31 bits per heavy atom. The number of benzene rings is 3. The molecule has 182 valence electrons. The normalized spacial score (nSPS) is 13.8. The summed E-state index contributed by atoms with van der Waals surface area (Å²) >= 11 is 0. The van der Waals surface area contributed by atoms with Gasteiger partial charge in [0.1, 0.15) is 12.4 Å². The third kappa shape index (κ3) is 6.46. The molecule has 1 fully saturated rings. The fourth-order valence-electron chi connectivity index (χ4n) is 3.65. The largest absolute Gasteiger partial charge is 0.489 e. The Morgan fingerprint density at radius 2 is 1.60 bits per heavy atom. The second-order valence-corrected chi connectivity index (χ2v) is 10.00. The van der Waals surface area contributed by atoms with Gasteiger partial charge in [0.25, 0.3) is 5.91 Å². The van der Waals surface area contributed by atoms with Gasteiger partial charge in [0, 0.05) is 18.8 Å². The van der Waals surface area contributed by atoms with Crippen molar-refractivity contribution in [2.24, 2.45) is 0 Å². The molecule has 8 nitrogen and oxygen atoms in total. The highest BCUT2D eigenvalue weighted by Gasteiger charge is 2.27. The number of ether oxygens (including phenoxy) is 2. The average Bonchev–Trinajstić information content (AvgIpc) is 3.44. The Hall–Kier alpha value is -3.69. The Bertz CT molecular complexity index is 1270. The molecule has 0 unspecified atom stereocenters. The van der Waals surface area contributed by atoms with Crippen LogP contribution in [0.1, 0.15) is 28.8 Å².